The normalized spacial score (nSPS) is 13.8. The number of terminal acetylenes is 1. The zero-order valence-electron chi connectivity index (χ0n) is 52.2. The van der Waals surface area contributed by atoms with E-state index >= 15 is 0 Å². The van der Waals surface area contributed by atoms with Gasteiger partial charge >= 0.3 is 0 Å². The number of furan rings is 1. The predicted molar refractivity (Wildman–Crippen MR) is 431 cm³/mol. The summed E-state index contributed by atoms with van der Waals surface area (Å²) in [6.07, 6.45) is 7.14. The Morgan fingerprint density at radius 2 is 0.649 bits per heavy atom. The number of hydrogen-bond acceptors (Lipinski definition) is 1. The summed E-state index contributed by atoms with van der Waals surface area (Å²) in [6.45, 7) is 0. The van der Waals surface area contributed by atoms with Crippen molar-refractivity contribution in [1.82, 2.24) is 0 Å². The fourth-order valence-electron chi connectivity index (χ4n) is 15.4. The average molecular weight is 954 g/mol. The SMILES string of the molecule is BC1=C(c2c3c(B)c(B)c(B)c(B)c3c(-c3c(B)c(B)c4oc5c(B)c6c(B)c(B)c(B)c(B)c6c(B)c5c4c3B)c3c(B)c(B)c(B)c(B)c23)/C(=C(B)/C(B)=C(/B)C#C)Cc2c1c(B)c(B)c1c(B)c(B)c(B)c(B)c21. The van der Waals surface area contributed by atoms with Crippen LogP contribution < -0.4 is 126 Å². The molecular formula is C49H57B27O. The topological polar surface area (TPSA) is 13.1 Å². The van der Waals surface area contributed by atoms with E-state index in [1.807, 2.05) is 0 Å². The number of benzene rings is 8. The minimum Gasteiger partial charge on any atom is -0.457 e. The first-order valence-electron chi connectivity index (χ1n) is 28.4. The number of allylic oxidation sites excluding steroid dienone is 5. The molecule has 1 heterocycles. The first-order chi connectivity index (χ1) is 36.0. The quantitative estimate of drug-likeness (QED) is 0.0977. The summed E-state index contributed by atoms with van der Waals surface area (Å²) in [5, 5.41) is 13.6. The van der Waals surface area contributed by atoms with Gasteiger partial charge in [0.15, 0.2) is 0 Å². The Bertz CT molecular complexity index is 4470. The molecule has 0 saturated carbocycles. The summed E-state index contributed by atoms with van der Waals surface area (Å²) < 4.78 is 7.31. The van der Waals surface area contributed by atoms with Crippen molar-refractivity contribution >= 4 is 414 Å². The van der Waals surface area contributed by atoms with Crippen molar-refractivity contribution in [3.8, 4) is 23.5 Å². The fourth-order valence-corrected chi connectivity index (χ4v) is 15.4. The minimum absolute atomic E-state index is 0.813. The summed E-state index contributed by atoms with van der Waals surface area (Å²) in [6, 6.07) is 0. The van der Waals surface area contributed by atoms with Gasteiger partial charge in [-0.25, -0.2) is 0 Å². The van der Waals surface area contributed by atoms with Gasteiger partial charge in [-0.2, -0.15) is 0 Å². The summed E-state index contributed by atoms with van der Waals surface area (Å²) in [5.74, 6) is 3.08. The molecule has 0 unspecified atom stereocenters. The van der Waals surface area contributed by atoms with Gasteiger partial charge in [-0.05, 0) is 99.4 Å². The average Bonchev–Trinajstić information content (AvgIpc) is 4.08. The molecule has 8 aromatic carbocycles. The third kappa shape index (κ3) is 7.21. The van der Waals surface area contributed by atoms with Crippen LogP contribution in [0.3, 0.4) is 0 Å². The summed E-state index contributed by atoms with van der Waals surface area (Å²) in [5.41, 5.74) is 47.6. The van der Waals surface area contributed by atoms with E-state index in [1.54, 1.807) is 0 Å². The molecule has 9 aromatic rings. The van der Waals surface area contributed by atoms with E-state index in [0.29, 0.717) is 0 Å². The lowest BCUT2D eigenvalue weighted by Crippen LogP contribution is -2.51. The van der Waals surface area contributed by atoms with Crippen molar-refractivity contribution in [2.24, 2.45) is 0 Å². The predicted octanol–water partition coefficient (Wildman–Crippen LogP) is -31.1. The molecule has 0 bridgehead atoms. The molecule has 0 fully saturated rings. The van der Waals surface area contributed by atoms with Crippen LogP contribution in [0.5, 0.6) is 0 Å². The summed E-state index contributed by atoms with van der Waals surface area (Å²) in [4.78, 5) is 0. The molecule has 1 aliphatic rings. The van der Waals surface area contributed by atoms with Crippen LogP contribution in [-0.4, -0.2) is 212 Å². The highest BCUT2D eigenvalue weighted by atomic mass is 16.3. The molecule has 0 atom stereocenters. The molecule has 0 spiro atoms. The molecule has 10 rings (SSSR count). The molecule has 0 N–H and O–H groups in total. The Morgan fingerprint density at radius 3 is 1.09 bits per heavy atom. The van der Waals surface area contributed by atoms with Gasteiger partial charge in [0.05, 0.1) is 0 Å². The molecule has 1 aromatic heterocycles. The molecule has 0 saturated heterocycles. The Hall–Kier alpha value is -4.87. The molecule has 0 aliphatic heterocycles. The molecule has 1 nitrogen and oxygen atoms in total. The van der Waals surface area contributed by atoms with Crippen molar-refractivity contribution in [2.75, 3.05) is 0 Å². The Morgan fingerprint density at radius 1 is 0.312 bits per heavy atom. The molecule has 340 valence electrons. The third-order valence-corrected chi connectivity index (χ3v) is 21.8. The van der Waals surface area contributed by atoms with Crippen LogP contribution in [0.15, 0.2) is 26.4 Å². The van der Waals surface area contributed by atoms with Crippen molar-refractivity contribution < 1.29 is 4.42 Å². The highest BCUT2D eigenvalue weighted by Crippen LogP contribution is 2.47. The second-order valence-electron chi connectivity index (χ2n) is 24.5. The fraction of sp³-hybridized carbons (Fsp3) is 0.0204. The first kappa shape index (κ1) is 55.4. The summed E-state index contributed by atoms with van der Waals surface area (Å²) in [7, 11) is 63.5. The van der Waals surface area contributed by atoms with E-state index in [4.69, 9.17) is 10.8 Å². The van der Waals surface area contributed by atoms with E-state index in [9.17, 15) is 0 Å². The molecule has 0 radical (unpaired) electrons. The van der Waals surface area contributed by atoms with Crippen molar-refractivity contribution in [1.29, 1.82) is 0 Å². The van der Waals surface area contributed by atoms with Crippen molar-refractivity contribution in [3.63, 3.8) is 0 Å². The van der Waals surface area contributed by atoms with Crippen molar-refractivity contribution in [2.45, 2.75) is 6.42 Å². The molecule has 28 heteroatoms. The number of rotatable bonds is 3. The van der Waals surface area contributed by atoms with Gasteiger partial charge in [0, 0.05) is 10.8 Å². The highest BCUT2D eigenvalue weighted by molar-refractivity contribution is 6.76. The number of fused-ring (bicyclic) bond motifs is 9. The Labute approximate surface area is 483 Å². The van der Waals surface area contributed by atoms with Crippen LogP contribution in [0.1, 0.15) is 16.7 Å². The maximum atomic E-state index is 7.31. The van der Waals surface area contributed by atoms with Crippen molar-refractivity contribution in [3.05, 3.63) is 38.7 Å². The van der Waals surface area contributed by atoms with Gasteiger partial charge in [0.2, 0.25) is 0 Å². The van der Waals surface area contributed by atoms with E-state index in [1.165, 1.54) is 235 Å². The van der Waals surface area contributed by atoms with Gasteiger partial charge in [-0.1, -0.05) is 98.8 Å². The van der Waals surface area contributed by atoms with Crippen LogP contribution in [-0.2, 0) is 6.42 Å². The molecule has 1 aliphatic carbocycles. The van der Waals surface area contributed by atoms with Gasteiger partial charge < -0.3 is 4.42 Å². The smallest absolute Gasteiger partial charge is 0.149 e. The van der Waals surface area contributed by atoms with Crippen LogP contribution >= 0.6 is 0 Å². The van der Waals surface area contributed by atoms with E-state index in [2.05, 4.69) is 218 Å². The number of hydrogen-bond donors (Lipinski definition) is 0. The second kappa shape index (κ2) is 18.9. The van der Waals surface area contributed by atoms with E-state index < -0.39 is 0 Å². The zero-order chi connectivity index (χ0) is 56.7. The molecule has 77 heavy (non-hydrogen) atoms. The monoisotopic (exact) mass is 959 g/mol. The second-order valence-corrected chi connectivity index (χ2v) is 24.5. The lowest BCUT2D eigenvalue weighted by atomic mass is 9.55. The third-order valence-electron chi connectivity index (χ3n) is 21.8. The highest BCUT2D eigenvalue weighted by Gasteiger charge is 2.35. The minimum atomic E-state index is 0.813. The lowest BCUT2D eigenvalue weighted by molar-refractivity contribution is 0.675. The van der Waals surface area contributed by atoms with E-state index in [-0.39, 0.29) is 0 Å². The molecular weight excluding hydrogens is 896 g/mol. The largest absolute Gasteiger partial charge is 0.457 e. The van der Waals surface area contributed by atoms with Gasteiger partial charge in [0.1, 0.15) is 223 Å². The maximum Gasteiger partial charge on any atom is 0.149 e. The lowest BCUT2D eigenvalue weighted by Gasteiger charge is -2.36. The van der Waals surface area contributed by atoms with Crippen LogP contribution in [0.2, 0.25) is 0 Å². The van der Waals surface area contributed by atoms with Gasteiger partial charge in [-0.3, -0.25) is 0 Å². The zero-order valence-corrected chi connectivity index (χ0v) is 52.2. The Kier molecular flexibility index (Phi) is 13.6. The van der Waals surface area contributed by atoms with Gasteiger partial charge in [-0.15, -0.1) is 50.1 Å². The van der Waals surface area contributed by atoms with Crippen LogP contribution in [0.25, 0.3) is 87.2 Å². The Balaban J connectivity index is 1.52. The standard InChI is InChI=1S/C49H57B27O/c1-2-6(50)23(52)22(51)5-3-4-7-16(34(63)44(73)39(68)27(7)56)33(62)28(57)9(4)24(53)8(5)10-12-14(31(60)42(71)40(69)29(12)58)11(15-13(10)30(59)41(70)43(72)32(15)61)17-25(54)21-20-26(55)18-19(36(65)46(75)45(74)35(18)64)38(67)48(20)77-49(21)47(76)37(17)66/h1H,3,50-76H2/b22-5-,23-6-. The van der Waals surface area contributed by atoms with Crippen LogP contribution in [0.4, 0.5) is 0 Å². The molecule has 0 amide bonds. The summed E-state index contributed by atoms with van der Waals surface area (Å²) >= 11 is 0. The maximum absolute atomic E-state index is 7.31. The van der Waals surface area contributed by atoms with Crippen LogP contribution in [0, 0.1) is 12.3 Å². The van der Waals surface area contributed by atoms with E-state index in [0.717, 1.165) is 23.1 Å². The van der Waals surface area contributed by atoms with Gasteiger partial charge in [0.25, 0.3) is 0 Å². The first-order valence-corrected chi connectivity index (χ1v) is 28.4.